The monoisotopic (exact) mass is 427 g/mol. The van der Waals surface area contributed by atoms with Crippen LogP contribution in [0, 0.1) is 11.8 Å². The normalized spacial score (nSPS) is 8.07. The Kier molecular flexibility index (Phi) is 366. The lowest BCUT2D eigenvalue weighted by Crippen LogP contribution is -2.05. The predicted octanol–water partition coefficient (Wildman–Crippen LogP) is 13.5. The van der Waals surface area contributed by atoms with Gasteiger partial charge in [-0.2, -0.15) is 0 Å². The summed E-state index contributed by atoms with van der Waals surface area (Å²) in [5, 5.41) is 0. The molecule has 194 valence electrons. The summed E-state index contributed by atoms with van der Waals surface area (Å²) in [6.45, 7) is 45.7. The minimum atomic E-state index is 0.921. The Balaban J connectivity index is -0.0000000193. The maximum absolute atomic E-state index is 2.36. The van der Waals surface area contributed by atoms with Crippen molar-refractivity contribution in [1.82, 2.24) is 0 Å². The van der Waals surface area contributed by atoms with Gasteiger partial charge in [-0.3, -0.25) is 0 Å². The summed E-state index contributed by atoms with van der Waals surface area (Å²) in [5.74, 6) is 1.85. The SMILES string of the molecule is CC.CC.CC.CC.CC.CC.CC.CCC.CCC.CCCC(C)C(C)CC. The molecule has 0 fully saturated rings. The number of hydrogen-bond donors (Lipinski definition) is 0. The molecule has 0 aromatic carbocycles. The van der Waals surface area contributed by atoms with Crippen LogP contribution in [0.5, 0.6) is 0 Å². The predicted molar refractivity (Wildman–Crippen MR) is 155 cm³/mol. The van der Waals surface area contributed by atoms with Gasteiger partial charge in [0.2, 0.25) is 0 Å². The molecule has 29 heavy (non-hydrogen) atoms. The molecule has 0 nitrogen and oxygen atoms in total. The molecule has 0 heteroatoms. The molecule has 2 atom stereocenters. The van der Waals surface area contributed by atoms with Crippen LogP contribution in [0.15, 0.2) is 0 Å². The third-order valence-corrected chi connectivity index (χ3v) is 2.36. The van der Waals surface area contributed by atoms with Crippen molar-refractivity contribution in [2.75, 3.05) is 0 Å². The Morgan fingerprint density at radius 1 is 0.379 bits per heavy atom. The van der Waals surface area contributed by atoms with Crippen molar-refractivity contribution in [3.8, 4) is 0 Å². The fourth-order valence-corrected chi connectivity index (χ4v) is 1.14. The van der Waals surface area contributed by atoms with Gasteiger partial charge in [0.25, 0.3) is 0 Å². The lowest BCUT2D eigenvalue weighted by molar-refractivity contribution is 0.352. The van der Waals surface area contributed by atoms with Gasteiger partial charge in [-0.1, -0.05) is 184 Å². The minimum Gasteiger partial charge on any atom is -0.0683 e. The van der Waals surface area contributed by atoms with Crippen LogP contribution >= 0.6 is 0 Å². The first kappa shape index (κ1) is 63.0. The average Bonchev–Trinajstić information content (AvgIpc) is 2.84. The van der Waals surface area contributed by atoms with E-state index in [-0.39, 0.29) is 0 Å². The lowest BCUT2D eigenvalue weighted by atomic mass is 9.90. The Hall–Kier alpha value is 0. The molecule has 0 heterocycles. The molecule has 0 spiro atoms. The first-order valence-electron chi connectivity index (χ1n) is 14.0. The van der Waals surface area contributed by atoms with Crippen LogP contribution in [-0.2, 0) is 0 Å². The molecule has 0 saturated carbocycles. The van der Waals surface area contributed by atoms with Crippen molar-refractivity contribution >= 4 is 0 Å². The Bertz CT molecular complexity index is 74.1. The van der Waals surface area contributed by atoms with Gasteiger partial charge in [0, 0.05) is 0 Å². The third-order valence-electron chi connectivity index (χ3n) is 2.36. The number of hydrogen-bond acceptors (Lipinski definition) is 0. The molecule has 0 aliphatic heterocycles. The fraction of sp³-hybridized carbons (Fsp3) is 1.00. The van der Waals surface area contributed by atoms with Crippen LogP contribution in [0.1, 0.15) is 184 Å². The average molecular weight is 427 g/mol. The summed E-state index contributed by atoms with van der Waals surface area (Å²) < 4.78 is 0. The highest BCUT2D eigenvalue weighted by molar-refractivity contribution is 4.58. The Labute approximate surface area is 196 Å². The standard InChI is InChI=1S/C9H20.2C3H8.7C2H6/c1-5-7-9(4)8(3)6-2;2*1-3-2;7*1-2/h8-9H,5-7H2,1-4H3;2*3H2,1-2H3;7*1-2H3. The van der Waals surface area contributed by atoms with E-state index in [1.165, 1.54) is 32.1 Å². The first-order chi connectivity index (χ1) is 14.0. The summed E-state index contributed by atoms with van der Waals surface area (Å²) in [6, 6.07) is 0. The van der Waals surface area contributed by atoms with E-state index >= 15 is 0 Å². The molecule has 2 unspecified atom stereocenters. The van der Waals surface area contributed by atoms with E-state index in [1.807, 2.05) is 96.9 Å². The van der Waals surface area contributed by atoms with E-state index in [9.17, 15) is 0 Å². The summed E-state index contributed by atoms with van der Waals surface area (Å²) in [5.41, 5.74) is 0. The second-order valence-electron chi connectivity index (χ2n) is 4.57. The van der Waals surface area contributed by atoms with Crippen LogP contribution in [0.3, 0.4) is 0 Å². The highest BCUT2D eigenvalue weighted by Gasteiger charge is 2.07. The summed E-state index contributed by atoms with van der Waals surface area (Å²) in [7, 11) is 0. The van der Waals surface area contributed by atoms with Crippen LogP contribution < -0.4 is 0 Å². The van der Waals surface area contributed by atoms with Gasteiger partial charge in [0.05, 0.1) is 0 Å². The molecular weight excluding hydrogens is 348 g/mol. The summed E-state index contributed by atoms with van der Waals surface area (Å²) in [4.78, 5) is 0. The summed E-state index contributed by atoms with van der Waals surface area (Å²) >= 11 is 0. The first-order valence-corrected chi connectivity index (χ1v) is 14.0. The van der Waals surface area contributed by atoms with Crippen LogP contribution in [-0.4, -0.2) is 0 Å². The summed E-state index contributed by atoms with van der Waals surface area (Å²) in [6.07, 6.45) is 6.57. The molecule has 0 N–H and O–H groups in total. The maximum atomic E-state index is 2.36. The van der Waals surface area contributed by atoms with Crippen LogP contribution in [0.2, 0.25) is 0 Å². The Morgan fingerprint density at radius 3 is 0.655 bits per heavy atom. The van der Waals surface area contributed by atoms with Gasteiger partial charge < -0.3 is 0 Å². The van der Waals surface area contributed by atoms with Crippen molar-refractivity contribution in [2.45, 2.75) is 184 Å². The van der Waals surface area contributed by atoms with E-state index < -0.39 is 0 Å². The van der Waals surface area contributed by atoms with Gasteiger partial charge >= 0.3 is 0 Å². The second kappa shape index (κ2) is 169. The lowest BCUT2D eigenvalue weighted by Gasteiger charge is -2.16. The zero-order valence-corrected chi connectivity index (χ0v) is 26.7. The molecule has 0 radical (unpaired) electrons. The van der Waals surface area contributed by atoms with Crippen molar-refractivity contribution in [2.24, 2.45) is 11.8 Å². The second-order valence-corrected chi connectivity index (χ2v) is 4.57. The fourth-order valence-electron chi connectivity index (χ4n) is 1.14. The van der Waals surface area contributed by atoms with E-state index in [1.54, 1.807) is 0 Å². The highest BCUT2D eigenvalue weighted by atomic mass is 14.1. The van der Waals surface area contributed by atoms with Gasteiger partial charge in [0.1, 0.15) is 0 Å². The zero-order chi connectivity index (χ0) is 26.7. The van der Waals surface area contributed by atoms with Crippen molar-refractivity contribution in [1.29, 1.82) is 0 Å². The topological polar surface area (TPSA) is 0 Å². The molecule has 0 bridgehead atoms. The van der Waals surface area contributed by atoms with Gasteiger partial charge in [-0.15, -0.1) is 0 Å². The Morgan fingerprint density at radius 2 is 0.552 bits per heavy atom. The maximum Gasteiger partial charge on any atom is -0.0417 e. The van der Waals surface area contributed by atoms with Gasteiger partial charge in [-0.25, -0.2) is 0 Å². The van der Waals surface area contributed by atoms with Crippen molar-refractivity contribution in [3.05, 3.63) is 0 Å². The molecule has 0 rings (SSSR count). The third kappa shape index (κ3) is 234. The van der Waals surface area contributed by atoms with E-state index in [2.05, 4.69) is 55.4 Å². The highest BCUT2D eigenvalue weighted by Crippen LogP contribution is 2.18. The van der Waals surface area contributed by atoms with Gasteiger partial charge in [0.15, 0.2) is 0 Å². The van der Waals surface area contributed by atoms with Gasteiger partial charge in [-0.05, 0) is 11.8 Å². The molecule has 0 aliphatic rings. The minimum absolute atomic E-state index is 0.921. The smallest absolute Gasteiger partial charge is 0.0417 e. The van der Waals surface area contributed by atoms with Crippen molar-refractivity contribution < 1.29 is 0 Å². The molecule has 0 aliphatic carbocycles. The van der Waals surface area contributed by atoms with Crippen molar-refractivity contribution in [3.63, 3.8) is 0 Å². The molecule has 0 saturated heterocycles. The molecule has 0 amide bonds. The molecule has 0 aromatic rings. The van der Waals surface area contributed by atoms with E-state index in [4.69, 9.17) is 0 Å². The number of rotatable bonds is 4. The van der Waals surface area contributed by atoms with Crippen LogP contribution in [0.4, 0.5) is 0 Å². The quantitative estimate of drug-likeness (QED) is 0.419. The van der Waals surface area contributed by atoms with Crippen LogP contribution in [0.25, 0.3) is 0 Å². The molecular formula is C29H78. The zero-order valence-electron chi connectivity index (χ0n) is 26.7. The van der Waals surface area contributed by atoms with E-state index in [0.29, 0.717) is 0 Å². The van der Waals surface area contributed by atoms with E-state index in [0.717, 1.165) is 11.8 Å². The largest absolute Gasteiger partial charge is 0.0683 e. The molecule has 0 aromatic heterocycles.